The largest absolute Gasteiger partial charge is 0.313 e. The Balaban J connectivity index is 1.55. The zero-order chi connectivity index (χ0) is 11.2. The molecule has 2 rings (SSSR count). The fourth-order valence-electron chi connectivity index (χ4n) is 2.15. The molecule has 1 aromatic rings. The van der Waals surface area contributed by atoms with Crippen molar-refractivity contribution in [2.45, 2.75) is 43.0 Å². The summed E-state index contributed by atoms with van der Waals surface area (Å²) in [5.74, 6) is 2.09. The van der Waals surface area contributed by atoms with Gasteiger partial charge in [-0.1, -0.05) is 18.7 Å². The molecule has 1 aromatic heterocycles. The van der Waals surface area contributed by atoms with Crippen molar-refractivity contribution in [1.29, 1.82) is 0 Å². The van der Waals surface area contributed by atoms with Crippen LogP contribution in [0, 0.1) is 5.92 Å². The summed E-state index contributed by atoms with van der Waals surface area (Å²) in [6, 6.07) is 0.771. The number of nitrogens with one attached hydrogen (secondary N) is 1. The van der Waals surface area contributed by atoms with Crippen molar-refractivity contribution in [2.75, 3.05) is 12.3 Å². The third kappa shape index (κ3) is 4.07. The van der Waals surface area contributed by atoms with Gasteiger partial charge in [0.05, 0.1) is 0 Å². The van der Waals surface area contributed by atoms with E-state index in [-0.39, 0.29) is 0 Å². The minimum absolute atomic E-state index is 0.771. The second kappa shape index (κ2) is 6.62. The molecule has 0 spiro atoms. The fourth-order valence-corrected chi connectivity index (χ4v) is 3.73. The molecule has 1 aliphatic rings. The molecule has 0 atom stereocenters. The maximum atomic E-state index is 4.26. The SMILES string of the molecule is CC1CCC(NCCSc2nccs2)CC1. The van der Waals surface area contributed by atoms with Gasteiger partial charge in [-0.15, -0.1) is 11.3 Å². The van der Waals surface area contributed by atoms with Gasteiger partial charge in [-0.25, -0.2) is 4.98 Å². The van der Waals surface area contributed by atoms with Gasteiger partial charge in [-0.05, 0) is 31.6 Å². The normalized spacial score (nSPS) is 25.8. The van der Waals surface area contributed by atoms with E-state index in [2.05, 4.69) is 17.2 Å². The Morgan fingerprint density at radius 1 is 1.44 bits per heavy atom. The monoisotopic (exact) mass is 256 g/mol. The van der Waals surface area contributed by atoms with E-state index >= 15 is 0 Å². The highest BCUT2D eigenvalue weighted by Crippen LogP contribution is 2.24. The van der Waals surface area contributed by atoms with Crippen LogP contribution in [0.4, 0.5) is 0 Å². The van der Waals surface area contributed by atoms with Gasteiger partial charge in [0.1, 0.15) is 4.34 Å². The third-order valence-corrected chi connectivity index (χ3v) is 5.15. The summed E-state index contributed by atoms with van der Waals surface area (Å²) in [5, 5.41) is 5.70. The Morgan fingerprint density at radius 3 is 2.94 bits per heavy atom. The molecule has 1 saturated carbocycles. The predicted octanol–water partition coefficient (Wildman–Crippen LogP) is 3.40. The summed E-state index contributed by atoms with van der Waals surface area (Å²) >= 11 is 3.59. The van der Waals surface area contributed by atoms with E-state index in [1.165, 1.54) is 30.0 Å². The van der Waals surface area contributed by atoms with E-state index in [0.717, 1.165) is 24.3 Å². The fraction of sp³-hybridized carbons (Fsp3) is 0.750. The molecule has 0 saturated heterocycles. The molecule has 0 unspecified atom stereocenters. The van der Waals surface area contributed by atoms with E-state index < -0.39 is 0 Å². The van der Waals surface area contributed by atoms with E-state index in [4.69, 9.17) is 0 Å². The topological polar surface area (TPSA) is 24.9 Å². The maximum Gasteiger partial charge on any atom is 0.149 e. The first-order chi connectivity index (χ1) is 7.84. The summed E-state index contributed by atoms with van der Waals surface area (Å²) in [6.45, 7) is 3.48. The first-order valence-electron chi connectivity index (χ1n) is 6.10. The lowest BCUT2D eigenvalue weighted by molar-refractivity contribution is 0.312. The van der Waals surface area contributed by atoms with E-state index in [9.17, 15) is 0 Å². The quantitative estimate of drug-likeness (QED) is 0.645. The first-order valence-corrected chi connectivity index (χ1v) is 7.97. The van der Waals surface area contributed by atoms with Gasteiger partial charge in [0, 0.05) is 29.9 Å². The second-order valence-corrected chi connectivity index (χ2v) is 6.79. The Hall–Kier alpha value is -0.0600. The molecular weight excluding hydrogens is 236 g/mol. The Bertz CT molecular complexity index is 279. The van der Waals surface area contributed by atoms with Gasteiger partial charge in [0.2, 0.25) is 0 Å². The molecule has 0 amide bonds. The van der Waals surface area contributed by atoms with Gasteiger partial charge < -0.3 is 5.32 Å². The standard InChI is InChI=1S/C12H20N2S2/c1-10-2-4-11(5-3-10)13-6-8-15-12-14-7-9-16-12/h7,9-11,13H,2-6,8H2,1H3. The van der Waals surface area contributed by atoms with Crippen molar-refractivity contribution in [1.82, 2.24) is 10.3 Å². The van der Waals surface area contributed by atoms with Crippen LogP contribution in [0.1, 0.15) is 32.6 Å². The van der Waals surface area contributed by atoms with Gasteiger partial charge in [-0.2, -0.15) is 0 Å². The number of nitrogens with zero attached hydrogens (tertiary/aromatic N) is 1. The third-order valence-electron chi connectivity index (χ3n) is 3.19. The van der Waals surface area contributed by atoms with Crippen molar-refractivity contribution in [3.63, 3.8) is 0 Å². The molecule has 16 heavy (non-hydrogen) atoms. The van der Waals surface area contributed by atoms with Crippen molar-refractivity contribution < 1.29 is 0 Å². The van der Waals surface area contributed by atoms with Crippen LogP contribution in [0.5, 0.6) is 0 Å². The lowest BCUT2D eigenvalue weighted by atomic mass is 9.87. The predicted molar refractivity (Wildman–Crippen MR) is 72.3 cm³/mol. The van der Waals surface area contributed by atoms with Gasteiger partial charge in [-0.3, -0.25) is 0 Å². The molecule has 0 bridgehead atoms. The molecule has 2 nitrogen and oxygen atoms in total. The van der Waals surface area contributed by atoms with E-state index in [1.54, 1.807) is 11.3 Å². The van der Waals surface area contributed by atoms with Crippen LogP contribution in [0.25, 0.3) is 0 Å². The number of thiazole rings is 1. The summed E-state index contributed by atoms with van der Waals surface area (Å²) < 4.78 is 1.19. The smallest absolute Gasteiger partial charge is 0.149 e. The minimum atomic E-state index is 0.771. The van der Waals surface area contributed by atoms with Gasteiger partial charge >= 0.3 is 0 Å². The van der Waals surface area contributed by atoms with Crippen molar-refractivity contribution in [3.05, 3.63) is 11.6 Å². The Labute approximate surface area is 106 Å². The number of thioether (sulfide) groups is 1. The molecule has 0 radical (unpaired) electrons. The van der Waals surface area contributed by atoms with Crippen LogP contribution in [0.2, 0.25) is 0 Å². The van der Waals surface area contributed by atoms with E-state index in [1.807, 2.05) is 23.3 Å². The van der Waals surface area contributed by atoms with Crippen LogP contribution in [0.15, 0.2) is 15.9 Å². The zero-order valence-corrected chi connectivity index (χ0v) is 11.4. The van der Waals surface area contributed by atoms with Crippen molar-refractivity contribution in [3.8, 4) is 0 Å². The number of rotatable bonds is 5. The van der Waals surface area contributed by atoms with Crippen LogP contribution in [-0.4, -0.2) is 23.3 Å². The van der Waals surface area contributed by atoms with Crippen LogP contribution in [0.3, 0.4) is 0 Å². The van der Waals surface area contributed by atoms with Crippen LogP contribution in [-0.2, 0) is 0 Å². The lowest BCUT2D eigenvalue weighted by Crippen LogP contribution is -2.34. The summed E-state index contributed by atoms with van der Waals surface area (Å²) in [6.07, 6.45) is 7.41. The lowest BCUT2D eigenvalue weighted by Gasteiger charge is -2.26. The molecule has 4 heteroatoms. The molecule has 1 aliphatic carbocycles. The number of aromatic nitrogens is 1. The molecule has 0 aromatic carbocycles. The summed E-state index contributed by atoms with van der Waals surface area (Å²) in [7, 11) is 0. The molecular formula is C12H20N2S2. The molecule has 1 fully saturated rings. The maximum absolute atomic E-state index is 4.26. The average Bonchev–Trinajstić information content (AvgIpc) is 2.80. The van der Waals surface area contributed by atoms with Crippen molar-refractivity contribution in [2.24, 2.45) is 5.92 Å². The average molecular weight is 256 g/mol. The number of hydrogen-bond acceptors (Lipinski definition) is 4. The van der Waals surface area contributed by atoms with Crippen LogP contribution >= 0.6 is 23.1 Å². The van der Waals surface area contributed by atoms with Crippen molar-refractivity contribution >= 4 is 23.1 Å². The molecule has 90 valence electrons. The zero-order valence-electron chi connectivity index (χ0n) is 9.82. The first kappa shape index (κ1) is 12.4. The van der Waals surface area contributed by atoms with Crippen LogP contribution < -0.4 is 5.32 Å². The Morgan fingerprint density at radius 2 is 2.25 bits per heavy atom. The highest BCUT2D eigenvalue weighted by molar-refractivity contribution is 8.01. The molecule has 0 aliphatic heterocycles. The minimum Gasteiger partial charge on any atom is -0.313 e. The van der Waals surface area contributed by atoms with Gasteiger partial charge in [0.15, 0.2) is 0 Å². The summed E-state index contributed by atoms with van der Waals surface area (Å²) in [5.41, 5.74) is 0. The van der Waals surface area contributed by atoms with Gasteiger partial charge in [0.25, 0.3) is 0 Å². The van der Waals surface area contributed by atoms with E-state index in [0.29, 0.717) is 0 Å². The highest BCUT2D eigenvalue weighted by atomic mass is 32.2. The molecule has 1 N–H and O–H groups in total. The summed E-state index contributed by atoms with van der Waals surface area (Å²) in [4.78, 5) is 4.26. The second-order valence-electron chi connectivity index (χ2n) is 4.56. The number of hydrogen-bond donors (Lipinski definition) is 1. The highest BCUT2D eigenvalue weighted by Gasteiger charge is 2.16. The Kier molecular flexibility index (Phi) is 5.13. The molecule has 1 heterocycles.